The summed E-state index contributed by atoms with van der Waals surface area (Å²) in [6.45, 7) is 5.91. The molecular formula is C9H16N2O3. The molecule has 2 N–H and O–H groups in total. The van der Waals surface area contributed by atoms with E-state index in [1.165, 1.54) is 4.90 Å². The van der Waals surface area contributed by atoms with Crippen LogP contribution in [0.1, 0.15) is 27.2 Å². The van der Waals surface area contributed by atoms with Crippen LogP contribution in [0.3, 0.4) is 0 Å². The molecule has 0 aromatic rings. The molecular weight excluding hydrogens is 184 g/mol. The number of hydrogen-bond acceptors (Lipinski definition) is 2. The summed E-state index contributed by atoms with van der Waals surface area (Å²) in [6, 6.07) is -0.535. The van der Waals surface area contributed by atoms with Crippen molar-refractivity contribution in [2.75, 3.05) is 6.54 Å². The predicted octanol–water partition coefficient (Wildman–Crippen LogP) is 0.653. The molecule has 14 heavy (non-hydrogen) atoms. The van der Waals surface area contributed by atoms with E-state index in [0.29, 0.717) is 13.0 Å². The summed E-state index contributed by atoms with van der Waals surface area (Å²) in [4.78, 5) is 23.6. The van der Waals surface area contributed by atoms with E-state index < -0.39 is 17.7 Å². The lowest BCUT2D eigenvalue weighted by Gasteiger charge is -2.36. The maximum atomic E-state index is 11.4. The molecule has 1 aliphatic heterocycles. The molecule has 0 aliphatic carbocycles. The highest BCUT2D eigenvalue weighted by Crippen LogP contribution is 2.21. The third kappa shape index (κ3) is 1.97. The average molecular weight is 200 g/mol. The van der Waals surface area contributed by atoms with Crippen LogP contribution in [0.15, 0.2) is 0 Å². The Morgan fingerprint density at radius 2 is 2.14 bits per heavy atom. The molecule has 1 rings (SSSR count). The fourth-order valence-electron chi connectivity index (χ4n) is 1.72. The van der Waals surface area contributed by atoms with Crippen molar-refractivity contribution in [3.63, 3.8) is 0 Å². The minimum atomic E-state index is -1.04. The smallest absolute Gasteiger partial charge is 0.408 e. The van der Waals surface area contributed by atoms with Crippen LogP contribution in [0, 0.1) is 0 Å². The Bertz CT molecular complexity index is 257. The Labute approximate surface area is 83.1 Å². The van der Waals surface area contributed by atoms with Gasteiger partial charge in [-0.05, 0) is 27.2 Å². The average Bonchev–Trinajstić information content (AvgIpc) is 2.32. The molecule has 0 aromatic heterocycles. The molecule has 1 atom stereocenters. The van der Waals surface area contributed by atoms with Gasteiger partial charge in [-0.25, -0.2) is 4.79 Å². The third-order valence-corrected chi connectivity index (χ3v) is 2.26. The summed E-state index contributed by atoms with van der Waals surface area (Å²) in [5.74, 6) is -0.192. The van der Waals surface area contributed by atoms with E-state index in [2.05, 4.69) is 5.32 Å². The Hall–Kier alpha value is -1.26. The number of nitrogens with one attached hydrogen (secondary N) is 1. The highest BCUT2D eigenvalue weighted by Gasteiger charge is 2.39. The first-order valence-corrected chi connectivity index (χ1v) is 4.64. The molecule has 0 aromatic carbocycles. The highest BCUT2D eigenvalue weighted by molar-refractivity contribution is 5.87. The second-order valence-corrected chi connectivity index (χ2v) is 4.42. The minimum Gasteiger partial charge on any atom is -0.465 e. The van der Waals surface area contributed by atoms with Crippen molar-refractivity contribution in [2.45, 2.75) is 38.8 Å². The fourth-order valence-corrected chi connectivity index (χ4v) is 1.72. The largest absolute Gasteiger partial charge is 0.465 e. The summed E-state index contributed by atoms with van der Waals surface area (Å²) < 4.78 is 0. The number of hydrogen-bond donors (Lipinski definition) is 2. The van der Waals surface area contributed by atoms with Crippen molar-refractivity contribution in [3.05, 3.63) is 0 Å². The van der Waals surface area contributed by atoms with E-state index in [-0.39, 0.29) is 5.91 Å². The first-order valence-electron chi connectivity index (χ1n) is 4.64. The van der Waals surface area contributed by atoms with Gasteiger partial charge in [0.1, 0.15) is 6.04 Å². The van der Waals surface area contributed by atoms with Crippen molar-refractivity contribution in [3.8, 4) is 0 Å². The molecule has 0 saturated carbocycles. The molecule has 2 amide bonds. The lowest BCUT2D eigenvalue weighted by molar-refractivity contribution is -0.124. The lowest BCUT2D eigenvalue weighted by Crippen LogP contribution is -2.53. The van der Waals surface area contributed by atoms with Crippen molar-refractivity contribution >= 4 is 12.0 Å². The summed E-state index contributed by atoms with van der Waals surface area (Å²) in [5, 5.41) is 11.7. The van der Waals surface area contributed by atoms with E-state index in [0.717, 1.165) is 0 Å². The Morgan fingerprint density at radius 3 is 2.43 bits per heavy atom. The molecule has 1 heterocycles. The summed E-state index contributed by atoms with van der Waals surface area (Å²) >= 11 is 0. The molecule has 1 aliphatic rings. The second kappa shape index (κ2) is 3.48. The van der Waals surface area contributed by atoms with Gasteiger partial charge < -0.3 is 10.4 Å². The van der Waals surface area contributed by atoms with Crippen LogP contribution >= 0.6 is 0 Å². The number of carbonyl (C=O) groups excluding carboxylic acids is 1. The summed E-state index contributed by atoms with van der Waals surface area (Å²) in [7, 11) is 0. The molecule has 80 valence electrons. The van der Waals surface area contributed by atoms with Gasteiger partial charge in [0.05, 0.1) is 0 Å². The molecule has 1 fully saturated rings. The van der Waals surface area contributed by atoms with Gasteiger partial charge in [-0.3, -0.25) is 9.69 Å². The van der Waals surface area contributed by atoms with Crippen LogP contribution in [0.5, 0.6) is 0 Å². The SMILES string of the molecule is CC(C)(C)N(C(=O)O)[C@@H]1CCNC1=O. The molecule has 0 bridgehead atoms. The van der Waals surface area contributed by atoms with Crippen molar-refractivity contribution in [2.24, 2.45) is 0 Å². The number of carbonyl (C=O) groups is 2. The van der Waals surface area contributed by atoms with Gasteiger partial charge in [0.2, 0.25) is 5.91 Å². The van der Waals surface area contributed by atoms with Crippen molar-refractivity contribution in [1.29, 1.82) is 0 Å². The predicted molar refractivity (Wildman–Crippen MR) is 51.0 cm³/mol. The molecule has 1 saturated heterocycles. The van der Waals surface area contributed by atoms with Gasteiger partial charge in [0, 0.05) is 12.1 Å². The third-order valence-electron chi connectivity index (χ3n) is 2.26. The second-order valence-electron chi connectivity index (χ2n) is 4.42. The number of rotatable bonds is 1. The molecule has 0 unspecified atom stereocenters. The first kappa shape index (κ1) is 10.8. The van der Waals surface area contributed by atoms with Gasteiger partial charge in [-0.1, -0.05) is 0 Å². The maximum Gasteiger partial charge on any atom is 0.408 e. The van der Waals surface area contributed by atoms with Crippen molar-refractivity contribution < 1.29 is 14.7 Å². The lowest BCUT2D eigenvalue weighted by atomic mass is 10.0. The zero-order valence-corrected chi connectivity index (χ0v) is 8.70. The topological polar surface area (TPSA) is 69.6 Å². The number of amides is 2. The normalized spacial score (nSPS) is 21.9. The fraction of sp³-hybridized carbons (Fsp3) is 0.778. The zero-order valence-electron chi connectivity index (χ0n) is 8.70. The zero-order chi connectivity index (χ0) is 10.9. The molecule has 0 spiro atoms. The van der Waals surface area contributed by atoms with E-state index in [4.69, 9.17) is 5.11 Å². The standard InChI is InChI=1S/C9H16N2O3/c1-9(2,3)11(8(13)14)6-4-5-10-7(6)12/h6H,4-5H2,1-3H3,(H,10,12)(H,13,14)/t6-/m1/s1. The van der Waals surface area contributed by atoms with Crippen LogP contribution in [-0.4, -0.2) is 40.1 Å². The van der Waals surface area contributed by atoms with Crippen LogP contribution < -0.4 is 5.32 Å². The van der Waals surface area contributed by atoms with Crippen LogP contribution in [0.25, 0.3) is 0 Å². The van der Waals surface area contributed by atoms with E-state index in [1.807, 2.05) is 0 Å². The first-order chi connectivity index (χ1) is 6.34. The highest BCUT2D eigenvalue weighted by atomic mass is 16.4. The molecule has 5 heteroatoms. The maximum absolute atomic E-state index is 11.4. The van der Waals surface area contributed by atoms with Crippen LogP contribution in [0.4, 0.5) is 4.79 Å². The van der Waals surface area contributed by atoms with Gasteiger partial charge in [-0.15, -0.1) is 0 Å². The molecule has 0 radical (unpaired) electrons. The van der Waals surface area contributed by atoms with E-state index >= 15 is 0 Å². The van der Waals surface area contributed by atoms with Gasteiger partial charge in [0.25, 0.3) is 0 Å². The summed E-state index contributed by atoms with van der Waals surface area (Å²) in [6.07, 6.45) is -0.484. The monoisotopic (exact) mass is 200 g/mol. The molecule has 5 nitrogen and oxygen atoms in total. The van der Waals surface area contributed by atoms with Gasteiger partial charge >= 0.3 is 6.09 Å². The Kier molecular flexibility index (Phi) is 2.69. The van der Waals surface area contributed by atoms with Crippen molar-refractivity contribution in [1.82, 2.24) is 10.2 Å². The number of carboxylic acid groups (broad SMARTS) is 1. The van der Waals surface area contributed by atoms with E-state index in [9.17, 15) is 9.59 Å². The Balaban J connectivity index is 2.88. The van der Waals surface area contributed by atoms with Crippen LogP contribution in [0.2, 0.25) is 0 Å². The quantitative estimate of drug-likeness (QED) is 0.653. The summed E-state index contributed by atoms with van der Waals surface area (Å²) in [5.41, 5.74) is -0.543. The van der Waals surface area contributed by atoms with Crippen LogP contribution in [-0.2, 0) is 4.79 Å². The van der Waals surface area contributed by atoms with Gasteiger partial charge in [-0.2, -0.15) is 0 Å². The van der Waals surface area contributed by atoms with Gasteiger partial charge in [0.15, 0.2) is 0 Å². The Morgan fingerprint density at radius 1 is 1.57 bits per heavy atom. The van der Waals surface area contributed by atoms with E-state index in [1.54, 1.807) is 20.8 Å². The number of nitrogens with zero attached hydrogens (tertiary/aromatic N) is 1. The minimum absolute atomic E-state index is 0.192.